The van der Waals surface area contributed by atoms with Gasteiger partial charge in [-0.1, -0.05) is 29.3 Å². The quantitative estimate of drug-likeness (QED) is 0.654. The molecule has 0 aliphatic rings. The van der Waals surface area contributed by atoms with E-state index in [4.69, 9.17) is 23.2 Å². The van der Waals surface area contributed by atoms with Gasteiger partial charge >= 0.3 is 0 Å². The first-order chi connectivity index (χ1) is 11.9. The lowest BCUT2D eigenvalue weighted by Gasteiger charge is -2.05. The summed E-state index contributed by atoms with van der Waals surface area (Å²) in [6.45, 7) is 2.37. The highest BCUT2D eigenvalue weighted by Crippen LogP contribution is 2.21. The van der Waals surface area contributed by atoms with Crippen LogP contribution in [0.2, 0.25) is 10.0 Å². The number of hydrogen-bond acceptors (Lipinski definition) is 4. The van der Waals surface area contributed by atoms with Crippen LogP contribution in [-0.4, -0.2) is 30.5 Å². The van der Waals surface area contributed by atoms with E-state index in [2.05, 4.69) is 36.4 Å². The third-order valence-corrected chi connectivity index (χ3v) is 4.84. The summed E-state index contributed by atoms with van der Waals surface area (Å²) in [6, 6.07) is 5.25. The van der Waals surface area contributed by atoms with Crippen LogP contribution >= 0.6 is 39.1 Å². The summed E-state index contributed by atoms with van der Waals surface area (Å²) in [5, 5.41) is 12.1. The van der Waals surface area contributed by atoms with Gasteiger partial charge in [-0.05, 0) is 40.5 Å². The van der Waals surface area contributed by atoms with Crippen molar-refractivity contribution in [2.75, 3.05) is 5.32 Å². The van der Waals surface area contributed by atoms with E-state index >= 15 is 0 Å². The van der Waals surface area contributed by atoms with Crippen LogP contribution in [0.3, 0.4) is 0 Å². The monoisotopic (exact) mass is 442 g/mol. The highest BCUT2D eigenvalue weighted by molar-refractivity contribution is 9.10. The summed E-state index contributed by atoms with van der Waals surface area (Å²) in [5.74, 6) is -0.0417. The van der Waals surface area contributed by atoms with Gasteiger partial charge in [0.15, 0.2) is 0 Å². The van der Waals surface area contributed by atoms with E-state index in [1.807, 2.05) is 13.0 Å². The third kappa shape index (κ3) is 4.39. The highest BCUT2D eigenvalue weighted by Gasteiger charge is 2.11. The van der Waals surface area contributed by atoms with Gasteiger partial charge in [0, 0.05) is 10.0 Å². The van der Waals surface area contributed by atoms with Gasteiger partial charge in [0.2, 0.25) is 11.9 Å². The fourth-order valence-electron chi connectivity index (χ4n) is 2.14. The number of anilines is 1. The molecular weight excluding hydrogens is 431 g/mol. The summed E-state index contributed by atoms with van der Waals surface area (Å²) in [5.41, 5.74) is 1.72. The molecule has 3 aromatic rings. The maximum absolute atomic E-state index is 12.1. The topological polar surface area (TPSA) is 77.6 Å². The van der Waals surface area contributed by atoms with Crippen molar-refractivity contribution in [1.82, 2.24) is 24.5 Å². The molecule has 0 spiro atoms. The zero-order chi connectivity index (χ0) is 18.0. The molecule has 7 nitrogen and oxygen atoms in total. The van der Waals surface area contributed by atoms with E-state index in [0.29, 0.717) is 16.6 Å². The molecule has 0 bridgehead atoms. The Kier molecular flexibility index (Phi) is 5.41. The largest absolute Gasteiger partial charge is 0.292 e. The standard InChI is InChI=1S/C15H13BrCl2N6O/c1-9-12(16)5-20-24(9)7-14(25)21-15-19-8-23(22-15)6-10-2-3-11(17)4-13(10)18/h2-5,8H,6-7H2,1H3,(H,21,22,25). The Bertz CT molecular complexity index is 923. The molecule has 0 aliphatic heterocycles. The molecule has 130 valence electrons. The summed E-state index contributed by atoms with van der Waals surface area (Å²) in [4.78, 5) is 16.2. The van der Waals surface area contributed by atoms with Crippen LogP contribution in [0.15, 0.2) is 35.2 Å². The zero-order valence-electron chi connectivity index (χ0n) is 13.1. The van der Waals surface area contributed by atoms with Crippen LogP contribution in [0.5, 0.6) is 0 Å². The lowest BCUT2D eigenvalue weighted by Crippen LogP contribution is -2.21. The Labute approximate surface area is 162 Å². The van der Waals surface area contributed by atoms with Gasteiger partial charge in [-0.15, -0.1) is 5.10 Å². The predicted octanol–water partition coefficient (Wildman–Crippen LogP) is 3.54. The summed E-state index contributed by atoms with van der Waals surface area (Å²) < 4.78 is 4.02. The minimum Gasteiger partial charge on any atom is -0.292 e. The van der Waals surface area contributed by atoms with Crippen LogP contribution in [0.25, 0.3) is 0 Å². The maximum atomic E-state index is 12.1. The molecule has 0 aliphatic carbocycles. The van der Waals surface area contributed by atoms with E-state index in [-0.39, 0.29) is 18.4 Å². The van der Waals surface area contributed by atoms with E-state index in [9.17, 15) is 4.79 Å². The Balaban J connectivity index is 1.63. The molecule has 1 aromatic carbocycles. The molecule has 0 unspecified atom stereocenters. The first-order valence-electron chi connectivity index (χ1n) is 7.23. The number of carbonyl (C=O) groups is 1. The molecule has 0 saturated heterocycles. The van der Waals surface area contributed by atoms with Crippen LogP contribution in [0, 0.1) is 6.92 Å². The number of nitrogens with one attached hydrogen (secondary N) is 1. The molecule has 1 amide bonds. The molecule has 10 heteroatoms. The number of hydrogen-bond donors (Lipinski definition) is 1. The van der Waals surface area contributed by atoms with Gasteiger partial charge in [0.1, 0.15) is 12.9 Å². The Hall–Kier alpha value is -1.90. The van der Waals surface area contributed by atoms with Crippen molar-refractivity contribution in [3.05, 3.63) is 56.5 Å². The Morgan fingerprint density at radius 2 is 2.16 bits per heavy atom. The van der Waals surface area contributed by atoms with Crippen LogP contribution < -0.4 is 5.32 Å². The fraction of sp³-hybridized carbons (Fsp3) is 0.200. The first kappa shape index (κ1) is 17.9. The minimum atomic E-state index is -0.263. The molecule has 0 atom stereocenters. The summed E-state index contributed by atoms with van der Waals surface area (Å²) >= 11 is 15.4. The van der Waals surface area contributed by atoms with Crippen LogP contribution in [0.1, 0.15) is 11.3 Å². The third-order valence-electron chi connectivity index (χ3n) is 3.47. The van der Waals surface area contributed by atoms with E-state index in [1.54, 1.807) is 27.7 Å². The van der Waals surface area contributed by atoms with Crippen molar-refractivity contribution in [3.63, 3.8) is 0 Å². The maximum Gasteiger partial charge on any atom is 0.248 e. The highest BCUT2D eigenvalue weighted by atomic mass is 79.9. The molecule has 1 N–H and O–H groups in total. The molecule has 2 aromatic heterocycles. The predicted molar refractivity (Wildman–Crippen MR) is 98.9 cm³/mol. The molecule has 25 heavy (non-hydrogen) atoms. The van der Waals surface area contributed by atoms with Crippen molar-refractivity contribution in [1.29, 1.82) is 0 Å². The molecule has 2 heterocycles. The number of nitrogens with zero attached hydrogens (tertiary/aromatic N) is 5. The molecule has 0 fully saturated rings. The number of halogens is 3. The van der Waals surface area contributed by atoms with Crippen molar-refractivity contribution >= 4 is 51.0 Å². The van der Waals surface area contributed by atoms with Crippen LogP contribution in [-0.2, 0) is 17.9 Å². The molecular formula is C15H13BrCl2N6O. The number of aromatic nitrogens is 5. The SMILES string of the molecule is Cc1c(Br)cnn1CC(=O)Nc1ncn(Cc2ccc(Cl)cc2Cl)n1. The second-order valence-corrected chi connectivity index (χ2v) is 6.98. The van der Waals surface area contributed by atoms with Crippen molar-refractivity contribution < 1.29 is 4.79 Å². The van der Waals surface area contributed by atoms with Crippen molar-refractivity contribution in [3.8, 4) is 0 Å². The normalized spacial score (nSPS) is 10.9. The average Bonchev–Trinajstić information content (AvgIpc) is 3.11. The second-order valence-electron chi connectivity index (χ2n) is 5.29. The van der Waals surface area contributed by atoms with E-state index in [1.165, 1.54) is 6.33 Å². The number of benzene rings is 1. The van der Waals surface area contributed by atoms with Crippen molar-refractivity contribution in [2.24, 2.45) is 0 Å². The smallest absolute Gasteiger partial charge is 0.248 e. The van der Waals surface area contributed by atoms with Gasteiger partial charge in [-0.2, -0.15) is 5.10 Å². The van der Waals surface area contributed by atoms with Gasteiger partial charge in [0.25, 0.3) is 0 Å². The first-order valence-corrected chi connectivity index (χ1v) is 8.78. The van der Waals surface area contributed by atoms with E-state index in [0.717, 1.165) is 15.7 Å². The average molecular weight is 444 g/mol. The zero-order valence-corrected chi connectivity index (χ0v) is 16.2. The molecule has 0 radical (unpaired) electrons. The van der Waals surface area contributed by atoms with Crippen molar-refractivity contribution in [2.45, 2.75) is 20.0 Å². The van der Waals surface area contributed by atoms with Gasteiger partial charge < -0.3 is 0 Å². The Morgan fingerprint density at radius 3 is 2.84 bits per heavy atom. The van der Waals surface area contributed by atoms with E-state index < -0.39 is 0 Å². The lowest BCUT2D eigenvalue weighted by atomic mass is 10.2. The fourth-order valence-corrected chi connectivity index (χ4v) is 2.90. The summed E-state index contributed by atoms with van der Waals surface area (Å²) in [6.07, 6.45) is 3.17. The Morgan fingerprint density at radius 1 is 1.36 bits per heavy atom. The minimum absolute atomic E-state index is 0.0784. The van der Waals surface area contributed by atoms with Crippen LogP contribution in [0.4, 0.5) is 5.95 Å². The second kappa shape index (κ2) is 7.55. The number of amides is 1. The molecule has 0 saturated carbocycles. The summed E-state index contributed by atoms with van der Waals surface area (Å²) in [7, 11) is 0. The van der Waals surface area contributed by atoms with Gasteiger partial charge in [-0.3, -0.25) is 14.8 Å². The number of carbonyl (C=O) groups excluding carboxylic acids is 1. The number of rotatable bonds is 5. The lowest BCUT2D eigenvalue weighted by molar-refractivity contribution is -0.117. The van der Waals surface area contributed by atoms with Gasteiger partial charge in [-0.25, -0.2) is 9.67 Å². The van der Waals surface area contributed by atoms with Gasteiger partial charge in [0.05, 0.1) is 22.9 Å². The molecule has 3 rings (SSSR count).